The number of hydrogen-bond donors (Lipinski definition) is 4. The number of nitrogens with two attached hydrogens (primary N) is 1. The van der Waals surface area contributed by atoms with Crippen LogP contribution in [0.5, 0.6) is 0 Å². The summed E-state index contributed by atoms with van der Waals surface area (Å²) in [5, 5.41) is 8.33. The Labute approximate surface area is 209 Å². The summed E-state index contributed by atoms with van der Waals surface area (Å²) in [6, 6.07) is 4.36. The Morgan fingerprint density at radius 2 is 1.89 bits per heavy atom. The summed E-state index contributed by atoms with van der Waals surface area (Å²) in [6.07, 6.45) is 0.461. The molecule has 1 unspecified atom stereocenters. The van der Waals surface area contributed by atoms with Gasteiger partial charge in [-0.2, -0.15) is 0 Å². The molecule has 1 aromatic carbocycles. The number of benzene rings is 1. The number of amides is 4. The quantitative estimate of drug-likeness (QED) is 0.195. The van der Waals surface area contributed by atoms with Crippen molar-refractivity contribution in [3.05, 3.63) is 29.3 Å². The van der Waals surface area contributed by atoms with E-state index < -0.39 is 11.9 Å². The van der Waals surface area contributed by atoms with Gasteiger partial charge in [-0.05, 0) is 18.6 Å². The van der Waals surface area contributed by atoms with Crippen LogP contribution >= 0.6 is 0 Å². The van der Waals surface area contributed by atoms with Gasteiger partial charge in [0.1, 0.15) is 12.6 Å². The van der Waals surface area contributed by atoms with E-state index in [0.29, 0.717) is 56.4 Å². The Morgan fingerprint density at radius 1 is 1.11 bits per heavy atom. The molecule has 196 valence electrons. The molecule has 3 aliphatic rings. The molecule has 2 saturated heterocycles. The highest BCUT2D eigenvalue weighted by molar-refractivity contribution is 6.06. The van der Waals surface area contributed by atoms with Crippen LogP contribution in [0, 0.1) is 5.41 Å². The summed E-state index contributed by atoms with van der Waals surface area (Å²) in [6.45, 7) is 4.31. The average molecular weight is 504 g/mol. The lowest BCUT2D eigenvalue weighted by Gasteiger charge is -2.41. The molecule has 0 bridgehead atoms. The number of carbonyl (C=O) groups is 4. The minimum atomic E-state index is -0.712. The molecule has 0 aliphatic carbocycles. The number of imide groups is 1. The van der Waals surface area contributed by atoms with Gasteiger partial charge in [-0.3, -0.25) is 24.5 Å². The maximum Gasteiger partial charge on any atom is 0.255 e. The monoisotopic (exact) mass is 503 g/mol. The number of anilines is 1. The van der Waals surface area contributed by atoms with E-state index in [1.807, 2.05) is 0 Å². The van der Waals surface area contributed by atoms with Gasteiger partial charge in [0.15, 0.2) is 0 Å². The second-order valence-electron chi connectivity index (χ2n) is 9.33. The number of ether oxygens (including phenoxy) is 3. The van der Waals surface area contributed by atoms with Crippen LogP contribution in [0.2, 0.25) is 0 Å². The largest absolute Gasteiger partial charge is 0.378 e. The van der Waals surface area contributed by atoms with Crippen molar-refractivity contribution in [2.45, 2.75) is 25.4 Å². The number of rotatable bonds is 13. The zero-order valence-corrected chi connectivity index (χ0v) is 20.2. The second-order valence-corrected chi connectivity index (χ2v) is 9.33. The molecule has 2 fully saturated rings. The van der Waals surface area contributed by atoms with Crippen molar-refractivity contribution in [3.8, 4) is 0 Å². The lowest BCUT2D eigenvalue weighted by Crippen LogP contribution is -2.59. The predicted octanol–water partition coefficient (Wildman–Crippen LogP) is -1.02. The molecule has 4 rings (SSSR count). The van der Waals surface area contributed by atoms with Crippen molar-refractivity contribution in [2.24, 2.45) is 11.1 Å². The first-order chi connectivity index (χ1) is 17.4. The predicted molar refractivity (Wildman–Crippen MR) is 128 cm³/mol. The molecule has 1 atom stereocenters. The lowest BCUT2D eigenvalue weighted by molar-refractivity contribution is -0.137. The number of carbonyl (C=O) groups excluding carboxylic acids is 4. The van der Waals surface area contributed by atoms with Crippen LogP contribution in [-0.4, -0.2) is 93.8 Å². The van der Waals surface area contributed by atoms with Gasteiger partial charge >= 0.3 is 0 Å². The standard InChI is InChI=1S/C24H33N5O7/c25-6-7-34-8-9-35-14-24(12-26-13-24)15-36-11-21(31)27-18-3-1-2-16-17(18)10-29(23(16)33)19-4-5-20(30)28-22(19)32/h1-3,19,26H,4-15,25H2,(H,27,31)(H,28,30,32). The molecule has 0 radical (unpaired) electrons. The first-order valence-electron chi connectivity index (χ1n) is 12.1. The van der Waals surface area contributed by atoms with E-state index in [1.165, 1.54) is 4.90 Å². The van der Waals surface area contributed by atoms with Crippen molar-refractivity contribution in [2.75, 3.05) is 64.6 Å². The molecule has 0 aromatic heterocycles. The van der Waals surface area contributed by atoms with Crippen LogP contribution in [0.3, 0.4) is 0 Å². The van der Waals surface area contributed by atoms with Crippen LogP contribution in [0.1, 0.15) is 28.8 Å². The van der Waals surface area contributed by atoms with E-state index in [-0.39, 0.29) is 49.1 Å². The maximum atomic E-state index is 12.9. The van der Waals surface area contributed by atoms with E-state index in [9.17, 15) is 19.2 Å². The molecule has 0 spiro atoms. The Kier molecular flexibility index (Phi) is 8.64. The van der Waals surface area contributed by atoms with E-state index in [4.69, 9.17) is 19.9 Å². The maximum absolute atomic E-state index is 12.9. The molecule has 0 saturated carbocycles. The van der Waals surface area contributed by atoms with Crippen molar-refractivity contribution >= 4 is 29.3 Å². The van der Waals surface area contributed by atoms with Gasteiger partial charge in [-0.25, -0.2) is 0 Å². The molecule has 3 aliphatic heterocycles. The first-order valence-corrected chi connectivity index (χ1v) is 12.1. The second kappa shape index (κ2) is 11.9. The van der Waals surface area contributed by atoms with Crippen molar-refractivity contribution < 1.29 is 33.4 Å². The summed E-state index contributed by atoms with van der Waals surface area (Å²) in [5.74, 6) is -1.44. The van der Waals surface area contributed by atoms with Crippen molar-refractivity contribution in [1.29, 1.82) is 0 Å². The molecule has 36 heavy (non-hydrogen) atoms. The van der Waals surface area contributed by atoms with Gasteiger partial charge in [0.05, 0.1) is 33.0 Å². The Balaban J connectivity index is 1.26. The minimum absolute atomic E-state index is 0.143. The molecule has 5 N–H and O–H groups in total. The highest BCUT2D eigenvalue weighted by Crippen LogP contribution is 2.32. The van der Waals surface area contributed by atoms with E-state index in [0.717, 1.165) is 13.1 Å². The van der Waals surface area contributed by atoms with Crippen LogP contribution in [0.4, 0.5) is 5.69 Å². The number of piperidine rings is 1. The van der Waals surface area contributed by atoms with Crippen LogP contribution < -0.4 is 21.7 Å². The Bertz CT molecular complexity index is 997. The Morgan fingerprint density at radius 3 is 2.61 bits per heavy atom. The molecular formula is C24H33N5O7. The topological polar surface area (TPSA) is 161 Å². The number of hydrogen-bond acceptors (Lipinski definition) is 9. The fourth-order valence-electron chi connectivity index (χ4n) is 4.57. The summed E-state index contributed by atoms with van der Waals surface area (Å²) < 4.78 is 16.7. The van der Waals surface area contributed by atoms with Gasteiger partial charge in [0.2, 0.25) is 17.7 Å². The van der Waals surface area contributed by atoms with Crippen molar-refractivity contribution in [3.63, 3.8) is 0 Å². The third-order valence-corrected chi connectivity index (χ3v) is 6.54. The summed E-state index contributed by atoms with van der Waals surface area (Å²) >= 11 is 0. The van der Waals surface area contributed by atoms with Gasteiger partial charge in [0.25, 0.3) is 5.91 Å². The molecular weight excluding hydrogens is 470 g/mol. The highest BCUT2D eigenvalue weighted by atomic mass is 16.5. The fraction of sp³-hybridized carbons (Fsp3) is 0.583. The minimum Gasteiger partial charge on any atom is -0.378 e. The molecule has 12 heteroatoms. The lowest BCUT2D eigenvalue weighted by atomic mass is 9.83. The van der Waals surface area contributed by atoms with Crippen LogP contribution in [-0.2, 0) is 35.1 Å². The van der Waals surface area contributed by atoms with E-state index in [2.05, 4.69) is 16.0 Å². The number of nitrogens with one attached hydrogen (secondary N) is 3. The summed E-state index contributed by atoms with van der Waals surface area (Å²) in [5.41, 5.74) is 6.79. The molecule has 4 amide bonds. The third-order valence-electron chi connectivity index (χ3n) is 6.54. The zero-order chi connectivity index (χ0) is 25.5. The zero-order valence-electron chi connectivity index (χ0n) is 20.2. The van der Waals surface area contributed by atoms with Gasteiger partial charge in [0, 0.05) is 54.8 Å². The fourth-order valence-corrected chi connectivity index (χ4v) is 4.57. The van der Waals surface area contributed by atoms with E-state index >= 15 is 0 Å². The normalized spacial score (nSPS) is 20.6. The van der Waals surface area contributed by atoms with Gasteiger partial charge in [-0.15, -0.1) is 0 Å². The summed E-state index contributed by atoms with van der Waals surface area (Å²) in [7, 11) is 0. The number of fused-ring (bicyclic) bond motifs is 1. The molecule has 1 aromatic rings. The molecule has 3 heterocycles. The van der Waals surface area contributed by atoms with Gasteiger partial charge in [-0.1, -0.05) is 6.07 Å². The number of nitrogens with zero attached hydrogens (tertiary/aromatic N) is 1. The highest BCUT2D eigenvalue weighted by Gasteiger charge is 2.40. The van der Waals surface area contributed by atoms with Crippen LogP contribution in [0.15, 0.2) is 18.2 Å². The van der Waals surface area contributed by atoms with Crippen molar-refractivity contribution in [1.82, 2.24) is 15.5 Å². The SMILES string of the molecule is NCCOCCOCC1(COCC(=O)Nc2cccc3c2CN(C2CCC(=O)NC2=O)C3=O)CNC1. The van der Waals surface area contributed by atoms with Gasteiger partial charge < -0.3 is 35.5 Å². The Hall–Kier alpha value is -2.90. The first kappa shape index (κ1) is 26.2. The van der Waals surface area contributed by atoms with E-state index in [1.54, 1.807) is 18.2 Å². The summed E-state index contributed by atoms with van der Waals surface area (Å²) in [4.78, 5) is 50.7. The average Bonchev–Trinajstić information content (AvgIpc) is 3.16. The third kappa shape index (κ3) is 6.08. The van der Waals surface area contributed by atoms with Crippen LogP contribution in [0.25, 0.3) is 0 Å². The smallest absolute Gasteiger partial charge is 0.255 e. The molecule has 12 nitrogen and oxygen atoms in total.